The number of carbonyl (C=O) groups is 2. The molecule has 1 unspecified atom stereocenters. The number of carbonyl (C=O) groups excluding carboxylic acids is 1. The minimum absolute atomic E-state index is 0.0626. The molecular weight excluding hydrogens is 281 g/mol. The van der Waals surface area contributed by atoms with Gasteiger partial charge in [0, 0.05) is 4.88 Å². The Balaban J connectivity index is 2.04. The number of hydrogen-bond acceptors (Lipinski definition) is 3. The summed E-state index contributed by atoms with van der Waals surface area (Å²) in [5.74, 6) is -2.01. The molecule has 2 rings (SSSR count). The summed E-state index contributed by atoms with van der Waals surface area (Å²) in [7, 11) is 0. The van der Waals surface area contributed by atoms with Crippen molar-refractivity contribution in [3.05, 3.63) is 58.0 Å². The van der Waals surface area contributed by atoms with Crippen LogP contribution in [0.5, 0.6) is 0 Å². The predicted octanol–water partition coefficient (Wildman–Crippen LogP) is 2.37. The molecule has 2 N–H and O–H groups in total. The lowest BCUT2D eigenvalue weighted by molar-refractivity contribution is -0.141. The van der Waals surface area contributed by atoms with Crippen LogP contribution >= 0.6 is 11.3 Å². The second-order valence-corrected chi connectivity index (χ2v) is 5.14. The maximum atomic E-state index is 13.0. The van der Waals surface area contributed by atoms with Crippen molar-refractivity contribution in [1.29, 1.82) is 0 Å². The molecule has 0 fully saturated rings. The van der Waals surface area contributed by atoms with Gasteiger partial charge in [-0.3, -0.25) is 4.79 Å². The lowest BCUT2D eigenvalue weighted by Gasteiger charge is -2.13. The summed E-state index contributed by atoms with van der Waals surface area (Å²) in [6, 6.07) is 7.94. The Labute approximate surface area is 118 Å². The molecule has 104 valence electrons. The van der Waals surface area contributed by atoms with Crippen molar-refractivity contribution < 1.29 is 19.1 Å². The van der Waals surface area contributed by atoms with E-state index in [-0.39, 0.29) is 6.42 Å². The van der Waals surface area contributed by atoms with E-state index >= 15 is 0 Å². The van der Waals surface area contributed by atoms with Crippen LogP contribution in [0, 0.1) is 5.82 Å². The van der Waals surface area contributed by atoms with Crippen molar-refractivity contribution in [1.82, 2.24) is 5.32 Å². The standard InChI is InChI=1S/C14H12FNO3S/c15-10-4-1-3-9(7-10)8-12(17)16-13(14(18)19)11-5-2-6-20-11/h1-7,13H,8H2,(H,16,17)(H,18,19). The third-order valence-corrected chi connectivity index (χ3v) is 3.57. The zero-order valence-corrected chi connectivity index (χ0v) is 11.2. The Morgan fingerprint density at radius 1 is 1.30 bits per heavy atom. The molecule has 0 bridgehead atoms. The normalized spacial score (nSPS) is 11.8. The van der Waals surface area contributed by atoms with E-state index in [2.05, 4.69) is 5.32 Å². The van der Waals surface area contributed by atoms with Crippen LogP contribution < -0.4 is 5.32 Å². The van der Waals surface area contributed by atoms with Crippen molar-refractivity contribution in [3.63, 3.8) is 0 Å². The fraction of sp³-hybridized carbons (Fsp3) is 0.143. The first kappa shape index (κ1) is 14.2. The first-order valence-electron chi connectivity index (χ1n) is 5.86. The number of thiophene rings is 1. The minimum atomic E-state index is -1.12. The van der Waals surface area contributed by atoms with Crippen molar-refractivity contribution in [2.75, 3.05) is 0 Å². The molecule has 1 amide bonds. The summed E-state index contributed by atoms with van der Waals surface area (Å²) in [6.45, 7) is 0. The van der Waals surface area contributed by atoms with Crippen LogP contribution in [0.3, 0.4) is 0 Å². The first-order chi connectivity index (χ1) is 9.56. The van der Waals surface area contributed by atoms with Crippen LogP contribution in [-0.4, -0.2) is 17.0 Å². The highest BCUT2D eigenvalue weighted by Gasteiger charge is 2.22. The van der Waals surface area contributed by atoms with Gasteiger partial charge >= 0.3 is 5.97 Å². The monoisotopic (exact) mass is 293 g/mol. The van der Waals surface area contributed by atoms with E-state index in [1.54, 1.807) is 23.6 Å². The second-order valence-electron chi connectivity index (χ2n) is 4.16. The Kier molecular flexibility index (Phi) is 4.47. The van der Waals surface area contributed by atoms with Crippen molar-refractivity contribution in [2.24, 2.45) is 0 Å². The van der Waals surface area contributed by atoms with E-state index in [1.165, 1.54) is 29.5 Å². The number of nitrogens with one attached hydrogen (secondary N) is 1. The molecule has 0 aliphatic rings. The highest BCUT2D eigenvalue weighted by atomic mass is 32.1. The Morgan fingerprint density at radius 3 is 2.70 bits per heavy atom. The third-order valence-electron chi connectivity index (χ3n) is 2.63. The summed E-state index contributed by atoms with van der Waals surface area (Å²) >= 11 is 1.25. The van der Waals surface area contributed by atoms with Gasteiger partial charge in [0.15, 0.2) is 6.04 Å². The number of rotatable bonds is 5. The molecule has 0 spiro atoms. The summed E-state index contributed by atoms with van der Waals surface area (Å²) < 4.78 is 13.0. The number of carboxylic acid groups (broad SMARTS) is 1. The molecule has 4 nitrogen and oxygen atoms in total. The van der Waals surface area contributed by atoms with Crippen molar-refractivity contribution in [3.8, 4) is 0 Å². The summed E-state index contributed by atoms with van der Waals surface area (Å²) in [5, 5.41) is 13.3. The van der Waals surface area contributed by atoms with Crippen LogP contribution in [0.15, 0.2) is 41.8 Å². The molecule has 20 heavy (non-hydrogen) atoms. The topological polar surface area (TPSA) is 66.4 Å². The maximum Gasteiger partial charge on any atom is 0.331 e. The SMILES string of the molecule is O=C(Cc1cccc(F)c1)NC(C(=O)O)c1cccs1. The second kappa shape index (κ2) is 6.29. The average molecular weight is 293 g/mol. The van der Waals surface area contributed by atoms with Crippen LogP contribution in [0.25, 0.3) is 0 Å². The van der Waals surface area contributed by atoms with E-state index < -0.39 is 23.7 Å². The van der Waals surface area contributed by atoms with E-state index in [4.69, 9.17) is 5.11 Å². The first-order valence-corrected chi connectivity index (χ1v) is 6.74. The fourth-order valence-corrected chi connectivity index (χ4v) is 2.52. The largest absolute Gasteiger partial charge is 0.479 e. The van der Waals surface area contributed by atoms with Crippen molar-refractivity contribution in [2.45, 2.75) is 12.5 Å². The van der Waals surface area contributed by atoms with E-state index in [1.807, 2.05) is 0 Å². The Hall–Kier alpha value is -2.21. The molecule has 2 aromatic rings. The highest BCUT2D eigenvalue weighted by molar-refractivity contribution is 7.10. The highest BCUT2D eigenvalue weighted by Crippen LogP contribution is 2.19. The van der Waals surface area contributed by atoms with Crippen LogP contribution in [0.4, 0.5) is 4.39 Å². The van der Waals surface area contributed by atoms with Gasteiger partial charge in [-0.15, -0.1) is 11.3 Å². The van der Waals surface area contributed by atoms with E-state index in [9.17, 15) is 14.0 Å². The molecular formula is C14H12FNO3S. The average Bonchev–Trinajstić information content (AvgIpc) is 2.89. The molecule has 1 atom stereocenters. The van der Waals surface area contributed by atoms with Gasteiger partial charge in [-0.1, -0.05) is 18.2 Å². The lowest BCUT2D eigenvalue weighted by atomic mass is 10.1. The van der Waals surface area contributed by atoms with Crippen LogP contribution in [0.2, 0.25) is 0 Å². The zero-order chi connectivity index (χ0) is 14.5. The molecule has 0 saturated heterocycles. The number of benzene rings is 1. The van der Waals surface area contributed by atoms with Crippen molar-refractivity contribution >= 4 is 23.2 Å². The van der Waals surface area contributed by atoms with Gasteiger partial charge in [0.25, 0.3) is 0 Å². The molecule has 1 aromatic carbocycles. The van der Waals surface area contributed by atoms with Crippen LogP contribution in [-0.2, 0) is 16.0 Å². The molecule has 0 aliphatic heterocycles. The molecule has 0 saturated carbocycles. The lowest BCUT2D eigenvalue weighted by Crippen LogP contribution is -2.34. The van der Waals surface area contributed by atoms with E-state index in [0.717, 1.165) is 0 Å². The van der Waals surface area contributed by atoms with E-state index in [0.29, 0.717) is 10.4 Å². The molecule has 6 heteroatoms. The number of aliphatic carboxylic acids is 1. The zero-order valence-electron chi connectivity index (χ0n) is 10.4. The number of halogens is 1. The quantitative estimate of drug-likeness (QED) is 0.889. The number of amides is 1. The fourth-order valence-electron chi connectivity index (χ4n) is 1.75. The van der Waals surface area contributed by atoms with Gasteiger partial charge in [0.2, 0.25) is 5.91 Å². The molecule has 0 radical (unpaired) electrons. The minimum Gasteiger partial charge on any atom is -0.479 e. The molecule has 0 aliphatic carbocycles. The Morgan fingerprint density at radius 2 is 2.10 bits per heavy atom. The summed E-state index contributed by atoms with van der Waals surface area (Å²) in [5.41, 5.74) is 0.498. The van der Waals surface area contributed by atoms with Gasteiger partial charge < -0.3 is 10.4 Å². The van der Waals surface area contributed by atoms with Gasteiger partial charge in [-0.2, -0.15) is 0 Å². The number of carboxylic acids is 1. The van der Waals surface area contributed by atoms with Crippen LogP contribution in [0.1, 0.15) is 16.5 Å². The number of hydrogen-bond donors (Lipinski definition) is 2. The summed E-state index contributed by atoms with van der Waals surface area (Å²) in [4.78, 5) is 23.6. The van der Waals surface area contributed by atoms with Gasteiger partial charge in [-0.05, 0) is 29.1 Å². The predicted molar refractivity (Wildman–Crippen MR) is 72.9 cm³/mol. The molecule has 1 aromatic heterocycles. The molecule has 1 heterocycles. The van der Waals surface area contributed by atoms with Gasteiger partial charge in [0.1, 0.15) is 5.82 Å². The van der Waals surface area contributed by atoms with Gasteiger partial charge in [-0.25, -0.2) is 9.18 Å². The maximum absolute atomic E-state index is 13.0. The smallest absolute Gasteiger partial charge is 0.331 e. The third kappa shape index (κ3) is 3.64. The summed E-state index contributed by atoms with van der Waals surface area (Å²) in [6.07, 6.45) is -0.0626. The van der Waals surface area contributed by atoms with Gasteiger partial charge in [0.05, 0.1) is 6.42 Å². The Bertz CT molecular complexity index is 613.